The van der Waals surface area contributed by atoms with Crippen LogP contribution >= 0.6 is 0 Å². The molecule has 0 saturated carbocycles. The van der Waals surface area contributed by atoms with E-state index in [1.54, 1.807) is 6.08 Å². The summed E-state index contributed by atoms with van der Waals surface area (Å²) in [5.74, 6) is 2.64. The van der Waals surface area contributed by atoms with Crippen molar-refractivity contribution >= 4 is 12.2 Å². The largest absolute Gasteiger partial charge is 0.268 e. The molecule has 0 aromatic carbocycles. The van der Waals surface area contributed by atoms with Crippen LogP contribution in [0.15, 0.2) is 16.1 Å². The maximum absolute atomic E-state index is 3.77. The van der Waals surface area contributed by atoms with Crippen LogP contribution in [0.25, 0.3) is 0 Å². The Labute approximate surface area is 35.9 Å². The minimum absolute atomic E-state index is 0.740. The highest BCUT2D eigenvalue weighted by atomic mass is 14.8. The van der Waals surface area contributed by atoms with Crippen LogP contribution < -0.4 is 0 Å². The van der Waals surface area contributed by atoms with E-state index in [4.69, 9.17) is 0 Å². The SMILES string of the molecule is C1=CCN=CN=1. The van der Waals surface area contributed by atoms with Crippen LogP contribution in [0.1, 0.15) is 0 Å². The fraction of sp³-hybridized carbons (Fsp3) is 0.250. The predicted octanol–water partition coefficient (Wildman–Crippen LogP) is 0.254. The van der Waals surface area contributed by atoms with E-state index < -0.39 is 0 Å². The van der Waals surface area contributed by atoms with Crippen molar-refractivity contribution in [2.24, 2.45) is 9.98 Å². The molecule has 30 valence electrons. The molecule has 0 N–H and O–H groups in total. The van der Waals surface area contributed by atoms with E-state index in [0.717, 1.165) is 6.54 Å². The monoisotopic (exact) mass is 80.0 g/mol. The molecule has 1 rings (SSSR count). The van der Waals surface area contributed by atoms with Crippen molar-refractivity contribution in [3.63, 3.8) is 0 Å². The Hall–Kier alpha value is -0.880. The van der Waals surface area contributed by atoms with Crippen LogP contribution in [-0.2, 0) is 0 Å². The first-order valence-corrected chi connectivity index (χ1v) is 1.75. The summed E-state index contributed by atoms with van der Waals surface area (Å²) in [6.45, 7) is 0.740. The Bertz CT molecular complexity index is 118. The number of aliphatic imine (C=N–C) groups is 2. The van der Waals surface area contributed by atoms with Crippen LogP contribution in [0.5, 0.6) is 0 Å². The van der Waals surface area contributed by atoms with Gasteiger partial charge in [0.2, 0.25) is 0 Å². The van der Waals surface area contributed by atoms with Gasteiger partial charge in [-0.1, -0.05) is 0 Å². The molecule has 0 aromatic rings. The molecule has 0 aromatic heterocycles. The minimum atomic E-state index is 0.740. The lowest BCUT2D eigenvalue weighted by Gasteiger charge is -1.78. The topological polar surface area (TPSA) is 24.7 Å². The molecule has 0 unspecified atom stereocenters. The van der Waals surface area contributed by atoms with Crippen LogP contribution in [0.3, 0.4) is 0 Å². The minimum Gasteiger partial charge on any atom is -0.268 e. The van der Waals surface area contributed by atoms with Crippen LogP contribution in [0.4, 0.5) is 0 Å². The first-order chi connectivity index (χ1) is 3.00. The van der Waals surface area contributed by atoms with Crippen molar-refractivity contribution in [1.82, 2.24) is 0 Å². The second-order valence-corrected chi connectivity index (χ2v) is 0.943. The molecule has 0 fully saturated rings. The molecular weight excluding hydrogens is 76.1 g/mol. The molecule has 1 aliphatic rings. The van der Waals surface area contributed by atoms with Crippen molar-refractivity contribution in [2.75, 3.05) is 6.54 Å². The van der Waals surface area contributed by atoms with Gasteiger partial charge in [-0.05, 0) is 11.9 Å². The maximum Gasteiger partial charge on any atom is 0.120 e. The van der Waals surface area contributed by atoms with Crippen LogP contribution in [0, 0.1) is 0 Å². The van der Waals surface area contributed by atoms with Gasteiger partial charge in [0.1, 0.15) is 6.34 Å². The van der Waals surface area contributed by atoms with Gasteiger partial charge >= 0.3 is 0 Å². The van der Waals surface area contributed by atoms with Gasteiger partial charge in [0.05, 0.1) is 6.54 Å². The zero-order valence-electron chi connectivity index (χ0n) is 3.26. The van der Waals surface area contributed by atoms with Gasteiger partial charge in [0.15, 0.2) is 0 Å². The van der Waals surface area contributed by atoms with Crippen molar-refractivity contribution in [3.8, 4) is 0 Å². The first kappa shape index (κ1) is 3.32. The summed E-state index contributed by atoms with van der Waals surface area (Å²) in [7, 11) is 0. The molecule has 0 saturated heterocycles. The molecule has 0 radical (unpaired) electrons. The van der Waals surface area contributed by atoms with E-state index >= 15 is 0 Å². The fourth-order valence-corrected chi connectivity index (χ4v) is 0.268. The van der Waals surface area contributed by atoms with Gasteiger partial charge in [0, 0.05) is 0 Å². The molecular formula is C4H4N2. The molecule has 0 aliphatic carbocycles. The molecule has 0 atom stereocenters. The summed E-state index contributed by atoms with van der Waals surface area (Å²) in [4.78, 5) is 7.35. The van der Waals surface area contributed by atoms with E-state index in [1.807, 2.05) is 0 Å². The lowest BCUT2D eigenvalue weighted by molar-refractivity contribution is 1.25. The Morgan fingerprint density at radius 3 is 2.83 bits per heavy atom. The van der Waals surface area contributed by atoms with Crippen molar-refractivity contribution in [3.05, 3.63) is 6.08 Å². The highest BCUT2D eigenvalue weighted by molar-refractivity contribution is 5.71. The Morgan fingerprint density at radius 2 is 2.67 bits per heavy atom. The van der Waals surface area contributed by atoms with Crippen LogP contribution in [0.2, 0.25) is 0 Å². The third kappa shape index (κ3) is 0.535. The van der Waals surface area contributed by atoms with Crippen LogP contribution in [-0.4, -0.2) is 18.8 Å². The van der Waals surface area contributed by atoms with E-state index in [0.29, 0.717) is 0 Å². The number of nitrogens with zero attached hydrogens (tertiary/aromatic N) is 2. The molecule has 6 heavy (non-hydrogen) atoms. The number of hydrogen-bond donors (Lipinski definition) is 0. The van der Waals surface area contributed by atoms with E-state index in [9.17, 15) is 0 Å². The molecule has 2 heteroatoms. The predicted molar refractivity (Wildman–Crippen MR) is 25.4 cm³/mol. The van der Waals surface area contributed by atoms with E-state index in [2.05, 4.69) is 15.9 Å². The van der Waals surface area contributed by atoms with E-state index in [1.165, 1.54) is 6.34 Å². The average Bonchev–Trinajstić information content (AvgIpc) is 1.72. The summed E-state index contributed by atoms with van der Waals surface area (Å²) < 4.78 is 0. The Morgan fingerprint density at radius 1 is 1.67 bits per heavy atom. The second kappa shape index (κ2) is 1.53. The highest BCUT2D eigenvalue weighted by Crippen LogP contribution is 1.71. The highest BCUT2D eigenvalue weighted by Gasteiger charge is 1.70. The molecule has 0 bridgehead atoms. The lowest BCUT2D eigenvalue weighted by Crippen LogP contribution is -1.78. The Kier molecular flexibility index (Phi) is 0.845. The third-order valence-electron chi connectivity index (χ3n) is 0.502. The van der Waals surface area contributed by atoms with Gasteiger partial charge < -0.3 is 0 Å². The smallest absolute Gasteiger partial charge is 0.120 e. The zero-order valence-corrected chi connectivity index (χ0v) is 3.26. The summed E-state index contributed by atoms with van der Waals surface area (Å²) in [5, 5.41) is 0. The van der Waals surface area contributed by atoms with Crippen molar-refractivity contribution in [2.45, 2.75) is 0 Å². The molecule has 1 heterocycles. The Balaban J connectivity index is 2.78. The summed E-state index contributed by atoms with van der Waals surface area (Å²) >= 11 is 0. The van der Waals surface area contributed by atoms with Gasteiger partial charge in [-0.2, -0.15) is 4.99 Å². The lowest BCUT2D eigenvalue weighted by atomic mass is 10.6. The standard InChI is InChI=1S/C4H4N2/c1-2-5-4-6-3-1/h1,4H,2H2. The maximum atomic E-state index is 3.77. The zero-order chi connectivity index (χ0) is 4.24. The summed E-state index contributed by atoms with van der Waals surface area (Å²) in [5.41, 5.74) is 0. The normalized spacial score (nSPS) is 16.0. The third-order valence-corrected chi connectivity index (χ3v) is 0.502. The quantitative estimate of drug-likeness (QED) is 0.398. The fourth-order valence-electron chi connectivity index (χ4n) is 0.268. The van der Waals surface area contributed by atoms with Gasteiger partial charge in [0.25, 0.3) is 0 Å². The first-order valence-electron chi connectivity index (χ1n) is 1.75. The second-order valence-electron chi connectivity index (χ2n) is 0.943. The van der Waals surface area contributed by atoms with Gasteiger partial charge in [-0.15, -0.1) is 0 Å². The van der Waals surface area contributed by atoms with E-state index in [-0.39, 0.29) is 0 Å². The molecule has 0 spiro atoms. The van der Waals surface area contributed by atoms with Crippen molar-refractivity contribution in [1.29, 1.82) is 0 Å². The van der Waals surface area contributed by atoms with Gasteiger partial charge in [-0.3, -0.25) is 4.99 Å². The van der Waals surface area contributed by atoms with Gasteiger partial charge in [-0.25, -0.2) is 0 Å². The molecule has 1 aliphatic heterocycles. The number of hydrogen-bond acceptors (Lipinski definition) is 2. The summed E-state index contributed by atoms with van der Waals surface area (Å²) in [6, 6.07) is 0. The molecule has 0 amide bonds. The van der Waals surface area contributed by atoms with Crippen molar-refractivity contribution < 1.29 is 0 Å². The molecule has 2 nitrogen and oxygen atoms in total. The summed E-state index contributed by atoms with van der Waals surface area (Å²) in [6.07, 6.45) is 3.28. The average molecular weight is 80.1 g/mol. The number of rotatable bonds is 0.